The van der Waals surface area contributed by atoms with Crippen molar-refractivity contribution in [3.8, 4) is 0 Å². The molecule has 0 aromatic rings. The minimum absolute atomic E-state index is 0.142. The van der Waals surface area contributed by atoms with Gasteiger partial charge in [-0.1, -0.05) is 0 Å². The van der Waals surface area contributed by atoms with Crippen molar-refractivity contribution in [2.45, 2.75) is 6.92 Å². The van der Waals surface area contributed by atoms with Crippen molar-refractivity contribution in [1.29, 1.82) is 0 Å². The molecule has 1 unspecified atom stereocenters. The summed E-state index contributed by atoms with van der Waals surface area (Å²) in [6, 6.07) is 0. The molecule has 4 N–H and O–H groups in total. The number of nitrogens with two attached hydrogens (primary N) is 1. The van der Waals surface area contributed by atoms with Crippen molar-refractivity contribution in [2.75, 3.05) is 13.2 Å². The van der Waals surface area contributed by atoms with E-state index < -0.39 is 17.7 Å². The SMILES string of the molecule is CC(C(N)=O)C(=O)NCCO. The summed E-state index contributed by atoms with van der Waals surface area (Å²) in [5, 5.41) is 10.6. The molecule has 5 heteroatoms. The summed E-state index contributed by atoms with van der Waals surface area (Å²) in [7, 11) is 0. The highest BCUT2D eigenvalue weighted by atomic mass is 16.3. The molecule has 0 bridgehead atoms. The third-order valence-corrected chi connectivity index (χ3v) is 1.23. The van der Waals surface area contributed by atoms with Gasteiger partial charge in [0.1, 0.15) is 5.92 Å². The van der Waals surface area contributed by atoms with E-state index in [4.69, 9.17) is 10.8 Å². The largest absolute Gasteiger partial charge is 0.395 e. The van der Waals surface area contributed by atoms with Crippen LogP contribution in [0.3, 0.4) is 0 Å². The lowest BCUT2D eigenvalue weighted by Gasteiger charge is -2.06. The van der Waals surface area contributed by atoms with Crippen LogP contribution in [0.4, 0.5) is 0 Å². The Bertz CT molecular complexity index is 158. The molecule has 11 heavy (non-hydrogen) atoms. The monoisotopic (exact) mass is 160 g/mol. The lowest BCUT2D eigenvalue weighted by Crippen LogP contribution is -2.38. The van der Waals surface area contributed by atoms with E-state index >= 15 is 0 Å². The van der Waals surface area contributed by atoms with Crippen LogP contribution in [0.25, 0.3) is 0 Å². The highest BCUT2D eigenvalue weighted by Crippen LogP contribution is 1.91. The number of nitrogens with one attached hydrogen (secondary N) is 1. The van der Waals surface area contributed by atoms with Gasteiger partial charge in [0.2, 0.25) is 11.8 Å². The summed E-state index contributed by atoms with van der Waals surface area (Å²) in [4.78, 5) is 21.2. The lowest BCUT2D eigenvalue weighted by atomic mass is 10.1. The first-order valence-electron chi connectivity index (χ1n) is 3.27. The van der Waals surface area contributed by atoms with Crippen molar-refractivity contribution < 1.29 is 14.7 Å². The van der Waals surface area contributed by atoms with Gasteiger partial charge in [0.15, 0.2) is 0 Å². The number of carbonyl (C=O) groups excluding carboxylic acids is 2. The van der Waals surface area contributed by atoms with Crippen molar-refractivity contribution in [3.63, 3.8) is 0 Å². The predicted molar refractivity (Wildman–Crippen MR) is 38.5 cm³/mol. The number of carbonyl (C=O) groups is 2. The normalized spacial score (nSPS) is 12.2. The van der Waals surface area contributed by atoms with Gasteiger partial charge in [-0.25, -0.2) is 0 Å². The minimum Gasteiger partial charge on any atom is -0.395 e. The van der Waals surface area contributed by atoms with Crippen molar-refractivity contribution in [1.82, 2.24) is 5.32 Å². The quantitative estimate of drug-likeness (QED) is 0.424. The van der Waals surface area contributed by atoms with E-state index in [2.05, 4.69) is 5.32 Å². The summed E-state index contributed by atoms with van der Waals surface area (Å²) < 4.78 is 0. The Kier molecular flexibility index (Phi) is 4.21. The molecule has 0 fully saturated rings. The predicted octanol–water partition coefficient (Wildman–Crippen LogP) is -1.78. The van der Waals surface area contributed by atoms with Gasteiger partial charge in [-0.2, -0.15) is 0 Å². The number of hydrogen-bond donors (Lipinski definition) is 3. The Labute approximate surface area is 64.6 Å². The zero-order valence-electron chi connectivity index (χ0n) is 6.33. The van der Waals surface area contributed by atoms with Crippen molar-refractivity contribution >= 4 is 11.8 Å². The second-order valence-electron chi connectivity index (χ2n) is 2.14. The summed E-state index contributed by atoms with van der Waals surface area (Å²) in [5.41, 5.74) is 4.85. The van der Waals surface area contributed by atoms with Gasteiger partial charge in [0.05, 0.1) is 6.61 Å². The molecule has 0 aromatic carbocycles. The van der Waals surface area contributed by atoms with Crippen LogP contribution in [0, 0.1) is 5.92 Å². The third kappa shape index (κ3) is 3.57. The zero-order valence-corrected chi connectivity index (χ0v) is 6.33. The second-order valence-corrected chi connectivity index (χ2v) is 2.14. The van der Waals surface area contributed by atoms with E-state index in [1.165, 1.54) is 6.92 Å². The molecule has 0 aliphatic heterocycles. The van der Waals surface area contributed by atoms with Gasteiger partial charge in [-0.15, -0.1) is 0 Å². The average molecular weight is 160 g/mol. The summed E-state index contributed by atoms with van der Waals surface area (Å²) in [6.45, 7) is 1.42. The number of aliphatic hydroxyl groups excluding tert-OH is 1. The molecule has 0 rings (SSSR count). The summed E-state index contributed by atoms with van der Waals surface area (Å²) in [6.07, 6.45) is 0. The highest BCUT2D eigenvalue weighted by molar-refractivity contribution is 5.99. The molecular formula is C6H12N2O3. The smallest absolute Gasteiger partial charge is 0.232 e. The van der Waals surface area contributed by atoms with Crippen LogP contribution in [0.5, 0.6) is 0 Å². The van der Waals surface area contributed by atoms with Gasteiger partial charge in [0.25, 0.3) is 0 Å². The van der Waals surface area contributed by atoms with Gasteiger partial charge >= 0.3 is 0 Å². The first kappa shape index (κ1) is 9.90. The molecule has 0 radical (unpaired) electrons. The first-order valence-corrected chi connectivity index (χ1v) is 3.27. The van der Waals surface area contributed by atoms with Crippen LogP contribution in [-0.2, 0) is 9.59 Å². The fraction of sp³-hybridized carbons (Fsp3) is 0.667. The fourth-order valence-electron chi connectivity index (χ4n) is 0.461. The Morgan fingerprint density at radius 2 is 2.18 bits per heavy atom. The maximum atomic E-state index is 10.8. The van der Waals surface area contributed by atoms with Crippen LogP contribution in [-0.4, -0.2) is 30.1 Å². The van der Waals surface area contributed by atoms with Gasteiger partial charge in [-0.3, -0.25) is 9.59 Å². The Morgan fingerprint density at radius 1 is 1.64 bits per heavy atom. The van der Waals surface area contributed by atoms with Crippen LogP contribution in [0.15, 0.2) is 0 Å². The molecule has 2 amide bonds. The maximum Gasteiger partial charge on any atom is 0.232 e. The molecule has 1 atom stereocenters. The average Bonchev–Trinajstić information content (AvgIpc) is 1.98. The molecule has 0 heterocycles. The topological polar surface area (TPSA) is 92.4 Å². The molecule has 5 nitrogen and oxygen atoms in total. The van der Waals surface area contributed by atoms with Crippen LogP contribution >= 0.6 is 0 Å². The van der Waals surface area contributed by atoms with Crippen molar-refractivity contribution in [2.24, 2.45) is 11.7 Å². The molecule has 64 valence electrons. The number of amides is 2. The van der Waals surface area contributed by atoms with Gasteiger partial charge in [0, 0.05) is 6.54 Å². The second kappa shape index (κ2) is 4.68. The van der Waals surface area contributed by atoms with E-state index in [0.29, 0.717) is 0 Å². The Morgan fingerprint density at radius 3 is 2.55 bits per heavy atom. The Balaban J connectivity index is 3.74. The lowest BCUT2D eigenvalue weighted by molar-refractivity contribution is -0.132. The van der Waals surface area contributed by atoms with Gasteiger partial charge in [-0.05, 0) is 6.92 Å². The number of aliphatic hydroxyl groups is 1. The molecule has 0 aromatic heterocycles. The highest BCUT2D eigenvalue weighted by Gasteiger charge is 2.17. The fourth-order valence-corrected chi connectivity index (χ4v) is 0.461. The third-order valence-electron chi connectivity index (χ3n) is 1.23. The number of rotatable bonds is 4. The maximum absolute atomic E-state index is 10.8. The van der Waals surface area contributed by atoms with Gasteiger partial charge < -0.3 is 16.2 Å². The molecule has 0 spiro atoms. The first-order chi connectivity index (χ1) is 5.09. The summed E-state index contributed by atoms with van der Waals surface area (Å²) >= 11 is 0. The molecule has 0 saturated carbocycles. The van der Waals surface area contributed by atoms with E-state index in [1.807, 2.05) is 0 Å². The van der Waals surface area contributed by atoms with E-state index in [9.17, 15) is 9.59 Å². The standard InChI is InChI=1S/C6H12N2O3/c1-4(5(7)10)6(11)8-2-3-9/h4,9H,2-3H2,1H3,(H2,7,10)(H,8,11). The van der Waals surface area contributed by atoms with E-state index in [-0.39, 0.29) is 13.2 Å². The minimum atomic E-state index is -0.832. The van der Waals surface area contributed by atoms with E-state index in [0.717, 1.165) is 0 Å². The van der Waals surface area contributed by atoms with Crippen LogP contribution in [0.2, 0.25) is 0 Å². The summed E-state index contributed by atoms with van der Waals surface area (Å²) in [5.74, 6) is -1.95. The van der Waals surface area contributed by atoms with Crippen LogP contribution in [0.1, 0.15) is 6.92 Å². The number of hydrogen-bond acceptors (Lipinski definition) is 3. The molecular weight excluding hydrogens is 148 g/mol. The van der Waals surface area contributed by atoms with Crippen LogP contribution < -0.4 is 11.1 Å². The van der Waals surface area contributed by atoms with E-state index in [1.54, 1.807) is 0 Å². The van der Waals surface area contributed by atoms with Crippen molar-refractivity contribution in [3.05, 3.63) is 0 Å². The molecule has 0 aliphatic carbocycles. The molecule has 0 saturated heterocycles. The molecule has 0 aliphatic rings. The zero-order chi connectivity index (χ0) is 8.85. The Hall–Kier alpha value is -1.10. The number of primary amides is 1.